The van der Waals surface area contributed by atoms with Crippen LogP contribution in [0.3, 0.4) is 0 Å². The predicted octanol–water partition coefficient (Wildman–Crippen LogP) is -0.832. The molecule has 3 amide bonds. The molecule has 0 rings (SSSR count). The molecule has 0 fully saturated rings. The maximum Gasteiger partial charge on any atom is 0.330 e. The summed E-state index contributed by atoms with van der Waals surface area (Å²) >= 11 is 0. The van der Waals surface area contributed by atoms with Crippen LogP contribution in [0.2, 0.25) is 0 Å². The van der Waals surface area contributed by atoms with Crippen LogP contribution in [-0.2, 0) is 19.1 Å². The highest BCUT2D eigenvalue weighted by molar-refractivity contribution is 5.81. The molecular weight excluding hydrogens is 266 g/mol. The molecule has 0 aliphatic carbocycles. The third kappa shape index (κ3) is 12.4. The number of carbonyl (C=O) groups is 3. The third-order valence-electron chi connectivity index (χ3n) is 1.95. The van der Waals surface area contributed by atoms with Crippen LogP contribution >= 0.6 is 0 Å². The number of carbonyl (C=O) groups excluding carboxylic acids is 3. The molecule has 0 aromatic carbocycles. The smallest absolute Gasteiger partial charge is 0.330 e. The molecule has 0 radical (unpaired) electrons. The van der Waals surface area contributed by atoms with E-state index in [1.54, 1.807) is 0 Å². The first-order valence-corrected chi connectivity index (χ1v) is 6.19. The quantitative estimate of drug-likeness (QED) is 0.276. The van der Waals surface area contributed by atoms with Gasteiger partial charge in [-0.3, -0.25) is 4.79 Å². The number of hydrogen-bond acceptors (Lipinski definition) is 5. The molecule has 0 saturated carbocycles. The average Bonchev–Trinajstić information content (AvgIpc) is 2.41. The zero-order valence-electron chi connectivity index (χ0n) is 11.6. The number of amides is 3. The van der Waals surface area contributed by atoms with Gasteiger partial charge in [0.2, 0.25) is 5.91 Å². The monoisotopic (exact) mass is 287 g/mol. The van der Waals surface area contributed by atoms with Crippen molar-refractivity contribution in [1.82, 2.24) is 16.0 Å². The summed E-state index contributed by atoms with van der Waals surface area (Å²) in [5.74, 6) is -0.636. The molecule has 0 aliphatic rings. The first-order valence-electron chi connectivity index (χ1n) is 6.19. The van der Waals surface area contributed by atoms with Crippen LogP contribution in [0, 0.1) is 0 Å². The van der Waals surface area contributed by atoms with Gasteiger partial charge in [-0.2, -0.15) is 0 Å². The molecule has 0 bridgehead atoms. The highest BCUT2D eigenvalue weighted by Gasteiger charge is 2.00. The zero-order chi connectivity index (χ0) is 15.2. The summed E-state index contributed by atoms with van der Waals surface area (Å²) in [6, 6.07) is -0.370. The fourth-order valence-electron chi connectivity index (χ4n) is 1.08. The van der Waals surface area contributed by atoms with Crippen LogP contribution in [0.5, 0.6) is 0 Å². The summed E-state index contributed by atoms with van der Waals surface area (Å²) in [7, 11) is 0. The number of hydrogen-bond donors (Lipinski definition) is 3. The molecule has 0 heterocycles. The minimum atomic E-state index is -0.528. The molecule has 20 heavy (non-hydrogen) atoms. The predicted molar refractivity (Wildman–Crippen MR) is 72.1 cm³/mol. The van der Waals surface area contributed by atoms with Crippen LogP contribution in [0.25, 0.3) is 0 Å². The Hall–Kier alpha value is -2.09. The summed E-state index contributed by atoms with van der Waals surface area (Å²) in [5.41, 5.74) is 0. The Morgan fingerprint density at radius 2 is 1.55 bits per heavy atom. The molecule has 0 aromatic heterocycles. The SMILES string of the molecule is C=CC(=O)OCCNC(=O)NCCOCCNC(C)=O. The lowest BCUT2D eigenvalue weighted by Crippen LogP contribution is -2.39. The lowest BCUT2D eigenvalue weighted by molar-refractivity contribution is -0.137. The molecule has 8 heteroatoms. The van der Waals surface area contributed by atoms with Crippen molar-refractivity contribution in [3.8, 4) is 0 Å². The van der Waals surface area contributed by atoms with Gasteiger partial charge >= 0.3 is 12.0 Å². The van der Waals surface area contributed by atoms with Gasteiger partial charge in [-0.1, -0.05) is 6.58 Å². The summed E-state index contributed by atoms with van der Waals surface area (Å²) in [4.78, 5) is 32.5. The molecule has 0 spiro atoms. The van der Waals surface area contributed by atoms with E-state index in [0.29, 0.717) is 26.3 Å². The highest BCUT2D eigenvalue weighted by atomic mass is 16.5. The maximum absolute atomic E-state index is 11.2. The molecule has 0 unspecified atom stereocenters. The van der Waals surface area contributed by atoms with Crippen molar-refractivity contribution < 1.29 is 23.9 Å². The number of nitrogens with one attached hydrogen (secondary N) is 3. The van der Waals surface area contributed by atoms with E-state index in [1.807, 2.05) is 0 Å². The van der Waals surface area contributed by atoms with Crippen LogP contribution < -0.4 is 16.0 Å². The molecule has 114 valence electrons. The number of ether oxygens (including phenoxy) is 2. The minimum Gasteiger partial charge on any atom is -0.461 e. The Bertz CT molecular complexity index is 333. The minimum absolute atomic E-state index is 0.0888. The fourth-order valence-corrected chi connectivity index (χ4v) is 1.08. The van der Waals surface area contributed by atoms with Crippen LogP contribution in [0.1, 0.15) is 6.92 Å². The van der Waals surface area contributed by atoms with Crippen molar-refractivity contribution in [2.75, 3.05) is 39.5 Å². The first kappa shape index (κ1) is 17.9. The van der Waals surface area contributed by atoms with Gasteiger partial charge in [0.15, 0.2) is 0 Å². The van der Waals surface area contributed by atoms with Crippen molar-refractivity contribution in [3.05, 3.63) is 12.7 Å². The second-order valence-corrected chi connectivity index (χ2v) is 3.65. The second-order valence-electron chi connectivity index (χ2n) is 3.65. The lowest BCUT2D eigenvalue weighted by atomic mass is 10.6. The third-order valence-corrected chi connectivity index (χ3v) is 1.95. The lowest BCUT2D eigenvalue weighted by Gasteiger charge is -2.08. The first-order chi connectivity index (χ1) is 9.56. The number of urea groups is 1. The van der Waals surface area contributed by atoms with E-state index in [9.17, 15) is 14.4 Å². The van der Waals surface area contributed by atoms with Crippen molar-refractivity contribution in [2.24, 2.45) is 0 Å². The van der Waals surface area contributed by atoms with Crippen molar-refractivity contribution >= 4 is 17.9 Å². The Morgan fingerprint density at radius 1 is 1.00 bits per heavy atom. The van der Waals surface area contributed by atoms with Gasteiger partial charge in [-0.05, 0) is 0 Å². The molecule has 0 saturated heterocycles. The number of rotatable bonds is 10. The average molecular weight is 287 g/mol. The van der Waals surface area contributed by atoms with Gasteiger partial charge in [0.05, 0.1) is 19.8 Å². The van der Waals surface area contributed by atoms with E-state index >= 15 is 0 Å². The molecule has 0 atom stereocenters. The fraction of sp³-hybridized carbons (Fsp3) is 0.583. The Labute approximate surface area is 117 Å². The zero-order valence-corrected chi connectivity index (χ0v) is 11.6. The van der Waals surface area contributed by atoms with Crippen molar-refractivity contribution in [2.45, 2.75) is 6.92 Å². The molecule has 8 nitrogen and oxygen atoms in total. The van der Waals surface area contributed by atoms with Gasteiger partial charge in [-0.15, -0.1) is 0 Å². The topological polar surface area (TPSA) is 106 Å². The van der Waals surface area contributed by atoms with Crippen LogP contribution in [0.15, 0.2) is 12.7 Å². The van der Waals surface area contributed by atoms with Gasteiger partial charge in [-0.25, -0.2) is 9.59 Å². The molecule has 3 N–H and O–H groups in total. The van der Waals surface area contributed by atoms with E-state index in [1.165, 1.54) is 6.92 Å². The normalized spacial score (nSPS) is 9.45. The van der Waals surface area contributed by atoms with Gasteiger partial charge < -0.3 is 25.4 Å². The molecule has 0 aliphatic heterocycles. The number of esters is 1. The van der Waals surface area contributed by atoms with Gasteiger partial charge in [0.1, 0.15) is 6.61 Å². The van der Waals surface area contributed by atoms with E-state index in [0.717, 1.165) is 6.08 Å². The van der Waals surface area contributed by atoms with E-state index in [-0.39, 0.29) is 25.1 Å². The Kier molecular flexibility index (Phi) is 10.7. The standard InChI is InChI=1S/C12H21N3O5/c1-3-11(17)20-9-6-15-12(18)14-5-8-19-7-4-13-10(2)16/h3H,1,4-9H2,2H3,(H,13,16)(H2,14,15,18). The Balaban J connectivity index is 3.30. The largest absolute Gasteiger partial charge is 0.461 e. The summed E-state index contributed by atoms with van der Waals surface area (Å²) in [5, 5.41) is 7.65. The summed E-state index contributed by atoms with van der Waals surface area (Å²) in [6.07, 6.45) is 1.05. The van der Waals surface area contributed by atoms with E-state index < -0.39 is 5.97 Å². The van der Waals surface area contributed by atoms with Crippen LogP contribution in [0.4, 0.5) is 4.79 Å². The Morgan fingerprint density at radius 3 is 2.10 bits per heavy atom. The molecular formula is C12H21N3O5. The van der Waals surface area contributed by atoms with Crippen molar-refractivity contribution in [3.63, 3.8) is 0 Å². The highest BCUT2D eigenvalue weighted by Crippen LogP contribution is 1.78. The van der Waals surface area contributed by atoms with E-state index in [4.69, 9.17) is 4.74 Å². The second kappa shape index (κ2) is 12.0. The van der Waals surface area contributed by atoms with E-state index in [2.05, 4.69) is 27.3 Å². The maximum atomic E-state index is 11.2. The van der Waals surface area contributed by atoms with Crippen LogP contribution in [-0.4, -0.2) is 57.4 Å². The van der Waals surface area contributed by atoms with Gasteiger partial charge in [0, 0.05) is 26.1 Å². The van der Waals surface area contributed by atoms with Gasteiger partial charge in [0.25, 0.3) is 0 Å². The van der Waals surface area contributed by atoms with Crippen molar-refractivity contribution in [1.29, 1.82) is 0 Å². The molecule has 0 aromatic rings. The summed E-state index contributed by atoms with van der Waals surface area (Å²) in [6.45, 7) is 6.50. The summed E-state index contributed by atoms with van der Waals surface area (Å²) < 4.78 is 9.84.